The fourth-order valence-corrected chi connectivity index (χ4v) is 1.68. The summed E-state index contributed by atoms with van der Waals surface area (Å²) in [6.45, 7) is 2.67. The number of fused-ring (bicyclic) bond motifs is 1. The fraction of sp³-hybridized carbons (Fsp3) is 0.300. The van der Waals surface area contributed by atoms with E-state index in [2.05, 4.69) is 4.99 Å². The Bertz CT molecular complexity index is 424. The van der Waals surface area contributed by atoms with E-state index in [0.29, 0.717) is 0 Å². The van der Waals surface area contributed by atoms with Crippen LogP contribution in [0.1, 0.15) is 18.1 Å². The Morgan fingerprint density at radius 2 is 2.29 bits per heavy atom. The molecule has 0 spiro atoms. The quantitative estimate of drug-likeness (QED) is 0.502. The third-order valence-corrected chi connectivity index (χ3v) is 2.42. The van der Waals surface area contributed by atoms with Gasteiger partial charge in [0, 0.05) is 24.4 Å². The normalized spacial score (nSPS) is 14.5. The Morgan fingerprint density at radius 3 is 3.00 bits per heavy atom. The predicted octanol–water partition coefficient (Wildman–Crippen LogP) is 1.96. The molecule has 2 rings (SSSR count). The molecule has 0 unspecified atom stereocenters. The third kappa shape index (κ3) is 1.39. The minimum absolute atomic E-state index is 0.165. The molecular weight excluding hydrogens is 180 g/mol. The molecule has 0 radical (unpaired) electrons. The first-order valence-corrected chi connectivity index (χ1v) is 4.47. The molecule has 1 heterocycles. The molecule has 0 N–H and O–H groups in total. The molecule has 1 aromatic carbocycles. The second-order valence-electron chi connectivity index (χ2n) is 3.32. The summed E-state index contributed by atoms with van der Waals surface area (Å²) in [4.78, 5) is 14.5. The van der Waals surface area contributed by atoms with Crippen LogP contribution >= 0.6 is 0 Å². The van der Waals surface area contributed by atoms with Gasteiger partial charge < -0.3 is 0 Å². The molecule has 0 saturated carbocycles. The SMILES string of the molecule is CC1=NCCc2cc([N+](=O)[O-])ccc21. The van der Waals surface area contributed by atoms with Gasteiger partial charge in [-0.3, -0.25) is 15.1 Å². The van der Waals surface area contributed by atoms with Crippen molar-refractivity contribution in [2.24, 2.45) is 4.99 Å². The number of nitro groups is 1. The molecule has 0 aromatic heterocycles. The monoisotopic (exact) mass is 190 g/mol. The number of nitro benzene ring substituents is 1. The average Bonchev–Trinajstić information content (AvgIpc) is 2.17. The molecule has 14 heavy (non-hydrogen) atoms. The maximum Gasteiger partial charge on any atom is 0.269 e. The smallest absolute Gasteiger partial charge is 0.269 e. The molecule has 4 heteroatoms. The molecule has 0 bridgehead atoms. The highest BCUT2D eigenvalue weighted by atomic mass is 16.6. The lowest BCUT2D eigenvalue weighted by molar-refractivity contribution is -0.384. The minimum Gasteiger partial charge on any atom is -0.289 e. The van der Waals surface area contributed by atoms with Crippen LogP contribution in [0, 0.1) is 10.1 Å². The first-order chi connectivity index (χ1) is 6.68. The van der Waals surface area contributed by atoms with E-state index in [1.54, 1.807) is 12.1 Å². The number of hydrogen-bond acceptors (Lipinski definition) is 3. The van der Waals surface area contributed by atoms with Crippen LogP contribution in [0.3, 0.4) is 0 Å². The zero-order chi connectivity index (χ0) is 10.1. The molecule has 0 amide bonds. The Labute approximate surface area is 81.4 Å². The Kier molecular flexibility index (Phi) is 2.04. The van der Waals surface area contributed by atoms with Crippen molar-refractivity contribution in [3.05, 3.63) is 39.4 Å². The number of benzene rings is 1. The number of nitrogens with zero attached hydrogens (tertiary/aromatic N) is 2. The lowest BCUT2D eigenvalue weighted by Gasteiger charge is -2.13. The summed E-state index contributed by atoms with van der Waals surface area (Å²) in [5.74, 6) is 0. The van der Waals surface area contributed by atoms with Crippen molar-refractivity contribution >= 4 is 11.4 Å². The van der Waals surface area contributed by atoms with Crippen LogP contribution in [0.4, 0.5) is 5.69 Å². The molecule has 72 valence electrons. The molecule has 1 aliphatic heterocycles. The Balaban J connectivity index is 2.51. The van der Waals surface area contributed by atoms with Gasteiger partial charge in [-0.25, -0.2) is 0 Å². The molecule has 0 fully saturated rings. The van der Waals surface area contributed by atoms with Crippen LogP contribution in [-0.4, -0.2) is 17.2 Å². The standard InChI is InChI=1S/C10H10N2O2/c1-7-10-3-2-9(12(13)14)6-8(10)4-5-11-7/h2-3,6H,4-5H2,1H3. The van der Waals surface area contributed by atoms with Crippen molar-refractivity contribution in [1.29, 1.82) is 0 Å². The molecule has 1 aliphatic rings. The number of hydrogen-bond donors (Lipinski definition) is 0. The summed E-state index contributed by atoms with van der Waals surface area (Å²) in [5, 5.41) is 10.5. The molecule has 0 saturated heterocycles. The van der Waals surface area contributed by atoms with Crippen molar-refractivity contribution < 1.29 is 4.92 Å². The summed E-state index contributed by atoms with van der Waals surface area (Å²) in [7, 11) is 0. The van der Waals surface area contributed by atoms with E-state index < -0.39 is 0 Å². The van der Waals surface area contributed by atoms with Crippen molar-refractivity contribution in [3.8, 4) is 0 Å². The van der Waals surface area contributed by atoms with E-state index >= 15 is 0 Å². The molecule has 1 aromatic rings. The van der Waals surface area contributed by atoms with Gasteiger partial charge in [0.15, 0.2) is 0 Å². The van der Waals surface area contributed by atoms with E-state index in [0.717, 1.165) is 29.8 Å². The highest BCUT2D eigenvalue weighted by Crippen LogP contribution is 2.21. The van der Waals surface area contributed by atoms with Gasteiger partial charge in [0.2, 0.25) is 0 Å². The third-order valence-electron chi connectivity index (χ3n) is 2.42. The van der Waals surface area contributed by atoms with Gasteiger partial charge in [-0.15, -0.1) is 0 Å². The second kappa shape index (κ2) is 3.21. The van der Waals surface area contributed by atoms with Gasteiger partial charge in [-0.05, 0) is 30.5 Å². The average molecular weight is 190 g/mol. The summed E-state index contributed by atoms with van der Waals surface area (Å²) >= 11 is 0. The van der Waals surface area contributed by atoms with Gasteiger partial charge in [-0.1, -0.05) is 0 Å². The highest BCUT2D eigenvalue weighted by Gasteiger charge is 2.14. The van der Waals surface area contributed by atoms with Crippen molar-refractivity contribution in [2.45, 2.75) is 13.3 Å². The van der Waals surface area contributed by atoms with Crippen molar-refractivity contribution in [3.63, 3.8) is 0 Å². The first-order valence-electron chi connectivity index (χ1n) is 4.47. The maximum absolute atomic E-state index is 10.5. The predicted molar refractivity (Wildman–Crippen MR) is 53.9 cm³/mol. The second-order valence-corrected chi connectivity index (χ2v) is 3.32. The van der Waals surface area contributed by atoms with Crippen LogP contribution in [0.5, 0.6) is 0 Å². The largest absolute Gasteiger partial charge is 0.289 e. The van der Waals surface area contributed by atoms with Gasteiger partial charge in [-0.2, -0.15) is 0 Å². The lowest BCUT2D eigenvalue weighted by atomic mass is 9.98. The summed E-state index contributed by atoms with van der Waals surface area (Å²) < 4.78 is 0. The van der Waals surface area contributed by atoms with Gasteiger partial charge in [0.25, 0.3) is 5.69 Å². The summed E-state index contributed by atoms with van der Waals surface area (Å²) in [6.07, 6.45) is 0.800. The van der Waals surface area contributed by atoms with Crippen molar-refractivity contribution in [1.82, 2.24) is 0 Å². The van der Waals surface area contributed by atoms with E-state index in [1.165, 1.54) is 6.07 Å². The van der Waals surface area contributed by atoms with Crippen molar-refractivity contribution in [2.75, 3.05) is 6.54 Å². The van der Waals surface area contributed by atoms with Gasteiger partial charge >= 0.3 is 0 Å². The number of rotatable bonds is 1. The lowest BCUT2D eigenvalue weighted by Crippen LogP contribution is -2.10. The van der Waals surface area contributed by atoms with Crippen LogP contribution < -0.4 is 0 Å². The summed E-state index contributed by atoms with van der Waals surface area (Å²) in [6, 6.07) is 4.96. The number of aliphatic imine (C=N–C) groups is 1. The fourth-order valence-electron chi connectivity index (χ4n) is 1.68. The van der Waals surface area contributed by atoms with Crippen LogP contribution in [0.25, 0.3) is 0 Å². The first kappa shape index (κ1) is 8.87. The van der Waals surface area contributed by atoms with Gasteiger partial charge in [0.1, 0.15) is 0 Å². The topological polar surface area (TPSA) is 55.5 Å². The molecule has 4 nitrogen and oxygen atoms in total. The zero-order valence-corrected chi connectivity index (χ0v) is 7.86. The molecule has 0 atom stereocenters. The summed E-state index contributed by atoms with van der Waals surface area (Å²) in [5.41, 5.74) is 3.22. The van der Waals surface area contributed by atoms with Crippen LogP contribution in [0.2, 0.25) is 0 Å². The van der Waals surface area contributed by atoms with E-state index in [9.17, 15) is 10.1 Å². The highest BCUT2D eigenvalue weighted by molar-refractivity contribution is 6.00. The van der Waals surface area contributed by atoms with E-state index in [1.807, 2.05) is 6.92 Å². The Hall–Kier alpha value is -1.71. The minimum atomic E-state index is -0.360. The van der Waals surface area contributed by atoms with Crippen LogP contribution in [0.15, 0.2) is 23.2 Å². The molecular formula is C10H10N2O2. The van der Waals surface area contributed by atoms with Gasteiger partial charge in [0.05, 0.1) is 4.92 Å². The van der Waals surface area contributed by atoms with E-state index in [-0.39, 0.29) is 10.6 Å². The Morgan fingerprint density at radius 1 is 1.50 bits per heavy atom. The van der Waals surface area contributed by atoms with E-state index in [4.69, 9.17) is 0 Å². The zero-order valence-electron chi connectivity index (χ0n) is 7.86. The number of non-ortho nitro benzene ring substituents is 1. The van der Waals surface area contributed by atoms with Crippen LogP contribution in [-0.2, 0) is 6.42 Å². The maximum atomic E-state index is 10.5. The molecule has 0 aliphatic carbocycles.